The molecule has 3 heteroatoms. The van der Waals surface area contributed by atoms with E-state index in [9.17, 15) is 0 Å². The van der Waals surface area contributed by atoms with Gasteiger partial charge in [-0.2, -0.15) is 0 Å². The summed E-state index contributed by atoms with van der Waals surface area (Å²) in [4.78, 5) is 0. The molecule has 0 aromatic carbocycles. The molecule has 0 bridgehead atoms. The Bertz CT molecular complexity index is 86.2. The first-order chi connectivity index (χ1) is 5.20. The molecule has 11 heavy (non-hydrogen) atoms. The summed E-state index contributed by atoms with van der Waals surface area (Å²) in [7, 11) is -0.358. The molecule has 0 aliphatic heterocycles. The summed E-state index contributed by atoms with van der Waals surface area (Å²) in [6.07, 6.45) is 1.03. The monoisotopic (exact) mass is 176 g/mol. The molecule has 0 amide bonds. The molecule has 2 nitrogen and oxygen atoms in total. The summed E-state index contributed by atoms with van der Waals surface area (Å²) in [5.41, 5.74) is 0.726. The van der Waals surface area contributed by atoms with Crippen LogP contribution in [-0.4, -0.2) is 22.7 Å². The van der Waals surface area contributed by atoms with Gasteiger partial charge >= 0.3 is 0 Å². The van der Waals surface area contributed by atoms with Crippen LogP contribution in [0.15, 0.2) is 0 Å². The Labute approximate surface area is 72.2 Å². The van der Waals surface area contributed by atoms with E-state index in [1.165, 1.54) is 0 Å². The molecule has 0 fully saturated rings. The number of hydrogen-bond acceptors (Lipinski definition) is 2. The predicted octanol–water partition coefficient (Wildman–Crippen LogP) is 1.69. The normalized spacial score (nSPS) is 15.0. The largest absolute Gasteiger partial charge is 0.399 e. The lowest BCUT2D eigenvalue weighted by Gasteiger charge is -2.17. The van der Waals surface area contributed by atoms with Crippen LogP contribution < -0.4 is 0 Å². The zero-order chi connectivity index (χ0) is 8.69. The predicted molar refractivity (Wildman–Crippen MR) is 50.4 cm³/mol. The Morgan fingerprint density at radius 2 is 1.91 bits per heavy atom. The fourth-order valence-electron chi connectivity index (χ4n) is 0.769. The van der Waals surface area contributed by atoms with E-state index in [1.807, 2.05) is 6.92 Å². The minimum Gasteiger partial charge on any atom is -0.399 e. The van der Waals surface area contributed by atoms with E-state index < -0.39 is 0 Å². The van der Waals surface area contributed by atoms with Crippen LogP contribution in [0, 0.1) is 0 Å². The number of rotatable bonds is 6. The van der Waals surface area contributed by atoms with E-state index >= 15 is 0 Å². The Hall–Kier alpha value is 0.137. The summed E-state index contributed by atoms with van der Waals surface area (Å²) in [5, 5.41) is 0. The zero-order valence-corrected chi connectivity index (χ0v) is 9.51. The maximum atomic E-state index is 5.61. The van der Waals surface area contributed by atoms with Gasteiger partial charge in [0, 0.05) is 6.61 Å². The SMILES string of the molecule is CCOC(CC)O[SiH2]C(C)C. The van der Waals surface area contributed by atoms with Crippen molar-refractivity contribution in [2.24, 2.45) is 0 Å². The second kappa shape index (κ2) is 6.82. The quantitative estimate of drug-likeness (QED) is 0.453. The van der Waals surface area contributed by atoms with Crippen molar-refractivity contribution in [2.75, 3.05) is 6.61 Å². The highest BCUT2D eigenvalue weighted by atomic mass is 28.2. The standard InChI is InChI=1S/C8H20O2Si/c1-5-8(9-6-2)10-11-7(3)4/h7-8H,5-6,11H2,1-4H3. The van der Waals surface area contributed by atoms with E-state index in [4.69, 9.17) is 9.16 Å². The van der Waals surface area contributed by atoms with Crippen LogP contribution in [0.1, 0.15) is 34.1 Å². The summed E-state index contributed by atoms with van der Waals surface area (Å²) < 4.78 is 11.0. The summed E-state index contributed by atoms with van der Waals surface area (Å²) in [6.45, 7) is 9.25. The lowest BCUT2D eigenvalue weighted by atomic mass is 10.5. The lowest BCUT2D eigenvalue weighted by Crippen LogP contribution is -2.19. The molecule has 0 saturated heterocycles. The molecule has 1 unspecified atom stereocenters. The summed E-state index contributed by atoms with van der Waals surface area (Å²) in [6, 6.07) is 0. The third-order valence-electron chi connectivity index (χ3n) is 1.30. The minimum atomic E-state index is -0.358. The van der Waals surface area contributed by atoms with Crippen molar-refractivity contribution in [1.29, 1.82) is 0 Å². The van der Waals surface area contributed by atoms with Crippen molar-refractivity contribution in [3.63, 3.8) is 0 Å². The highest BCUT2D eigenvalue weighted by Gasteiger charge is 2.05. The van der Waals surface area contributed by atoms with Gasteiger partial charge < -0.3 is 9.16 Å². The molecule has 0 saturated carbocycles. The molecule has 0 aliphatic carbocycles. The van der Waals surface area contributed by atoms with Crippen molar-refractivity contribution in [3.05, 3.63) is 0 Å². The third kappa shape index (κ3) is 6.53. The fraction of sp³-hybridized carbons (Fsp3) is 1.00. The Kier molecular flexibility index (Phi) is 6.91. The molecular weight excluding hydrogens is 156 g/mol. The molecule has 0 aromatic rings. The van der Waals surface area contributed by atoms with Crippen molar-refractivity contribution in [3.8, 4) is 0 Å². The van der Waals surface area contributed by atoms with Gasteiger partial charge in [0.1, 0.15) is 6.29 Å². The summed E-state index contributed by atoms with van der Waals surface area (Å²) >= 11 is 0. The smallest absolute Gasteiger partial charge is 0.167 e. The van der Waals surface area contributed by atoms with Crippen molar-refractivity contribution < 1.29 is 9.16 Å². The topological polar surface area (TPSA) is 18.5 Å². The van der Waals surface area contributed by atoms with Gasteiger partial charge in [-0.05, 0) is 18.9 Å². The molecule has 0 aromatic heterocycles. The molecule has 0 N–H and O–H groups in total. The van der Waals surface area contributed by atoms with Gasteiger partial charge in [-0.25, -0.2) is 0 Å². The van der Waals surface area contributed by atoms with Crippen LogP contribution >= 0.6 is 0 Å². The Balaban J connectivity index is 3.35. The summed E-state index contributed by atoms with van der Waals surface area (Å²) in [5.74, 6) is 0. The van der Waals surface area contributed by atoms with Crippen LogP contribution in [0.5, 0.6) is 0 Å². The first kappa shape index (κ1) is 11.1. The third-order valence-corrected chi connectivity index (χ3v) is 2.53. The van der Waals surface area contributed by atoms with Crippen LogP contribution in [0.25, 0.3) is 0 Å². The van der Waals surface area contributed by atoms with E-state index in [2.05, 4.69) is 20.8 Å². The Morgan fingerprint density at radius 1 is 1.27 bits per heavy atom. The van der Waals surface area contributed by atoms with Gasteiger partial charge in [0.15, 0.2) is 9.76 Å². The molecule has 1 atom stereocenters. The van der Waals surface area contributed by atoms with Crippen LogP contribution in [0.4, 0.5) is 0 Å². The van der Waals surface area contributed by atoms with Crippen LogP contribution in [0.3, 0.4) is 0 Å². The zero-order valence-electron chi connectivity index (χ0n) is 8.09. The number of hydrogen-bond donors (Lipinski definition) is 0. The van der Waals surface area contributed by atoms with Gasteiger partial charge in [0.2, 0.25) is 0 Å². The lowest BCUT2D eigenvalue weighted by molar-refractivity contribution is -0.0767. The van der Waals surface area contributed by atoms with E-state index in [1.54, 1.807) is 0 Å². The second-order valence-electron chi connectivity index (χ2n) is 3.02. The maximum Gasteiger partial charge on any atom is 0.167 e. The second-order valence-corrected chi connectivity index (χ2v) is 5.32. The molecule has 0 aliphatic rings. The van der Waals surface area contributed by atoms with Crippen LogP contribution in [-0.2, 0) is 9.16 Å². The van der Waals surface area contributed by atoms with E-state index in [-0.39, 0.29) is 16.1 Å². The van der Waals surface area contributed by atoms with Gasteiger partial charge in [0.05, 0.1) is 0 Å². The number of ether oxygens (including phenoxy) is 1. The van der Waals surface area contributed by atoms with Gasteiger partial charge in [0.25, 0.3) is 0 Å². The van der Waals surface area contributed by atoms with Crippen LogP contribution in [0.2, 0.25) is 5.54 Å². The molecule has 0 heterocycles. The average molecular weight is 176 g/mol. The van der Waals surface area contributed by atoms with Crippen molar-refractivity contribution in [1.82, 2.24) is 0 Å². The molecule has 0 spiro atoms. The average Bonchev–Trinajstić information content (AvgIpc) is 1.97. The molecule has 0 radical (unpaired) electrons. The maximum absolute atomic E-state index is 5.61. The van der Waals surface area contributed by atoms with E-state index in [0.717, 1.165) is 18.6 Å². The highest BCUT2D eigenvalue weighted by molar-refractivity contribution is 6.29. The first-order valence-corrected chi connectivity index (χ1v) is 5.83. The fourth-order valence-corrected chi connectivity index (χ4v) is 1.70. The van der Waals surface area contributed by atoms with E-state index in [0.29, 0.717) is 0 Å². The molecular formula is C8H20O2Si. The Morgan fingerprint density at radius 3 is 2.27 bits per heavy atom. The highest BCUT2D eigenvalue weighted by Crippen LogP contribution is 2.04. The van der Waals surface area contributed by atoms with Gasteiger partial charge in [-0.1, -0.05) is 20.8 Å². The van der Waals surface area contributed by atoms with Crippen molar-refractivity contribution in [2.45, 2.75) is 45.9 Å². The van der Waals surface area contributed by atoms with Gasteiger partial charge in [-0.15, -0.1) is 0 Å². The first-order valence-electron chi connectivity index (χ1n) is 4.43. The molecule has 68 valence electrons. The molecule has 0 rings (SSSR count). The van der Waals surface area contributed by atoms with Gasteiger partial charge in [-0.3, -0.25) is 0 Å². The van der Waals surface area contributed by atoms with Crippen molar-refractivity contribution >= 4 is 9.76 Å². The minimum absolute atomic E-state index is 0.0640.